The summed E-state index contributed by atoms with van der Waals surface area (Å²) in [5, 5.41) is 0. The first kappa shape index (κ1) is 13.2. The lowest BCUT2D eigenvalue weighted by molar-refractivity contribution is 0.0323. The molecule has 1 saturated heterocycles. The summed E-state index contributed by atoms with van der Waals surface area (Å²) in [4.78, 5) is 2.35. The maximum absolute atomic E-state index is 5.95. The highest BCUT2D eigenvalue weighted by molar-refractivity contribution is 5.56. The SMILES string of the molecule is Cc1cc(N)c(OCCN2CCOCC2)cc1C. The molecule has 0 saturated carbocycles. The number of morpholine rings is 1. The van der Waals surface area contributed by atoms with Crippen LogP contribution >= 0.6 is 0 Å². The Morgan fingerprint density at radius 2 is 1.89 bits per heavy atom. The highest BCUT2D eigenvalue weighted by Gasteiger charge is 2.10. The van der Waals surface area contributed by atoms with E-state index in [4.69, 9.17) is 15.2 Å². The van der Waals surface area contributed by atoms with Crippen LogP contribution < -0.4 is 10.5 Å². The van der Waals surface area contributed by atoms with Crippen LogP contribution in [0.5, 0.6) is 5.75 Å². The van der Waals surface area contributed by atoms with Gasteiger partial charge in [-0.05, 0) is 37.1 Å². The van der Waals surface area contributed by atoms with Crippen molar-refractivity contribution in [3.05, 3.63) is 23.3 Å². The first-order chi connectivity index (χ1) is 8.66. The van der Waals surface area contributed by atoms with Gasteiger partial charge in [-0.3, -0.25) is 4.90 Å². The Morgan fingerprint density at radius 3 is 2.61 bits per heavy atom. The molecule has 0 bridgehead atoms. The molecule has 0 unspecified atom stereocenters. The number of hydrogen-bond acceptors (Lipinski definition) is 4. The van der Waals surface area contributed by atoms with Crippen molar-refractivity contribution < 1.29 is 9.47 Å². The molecule has 1 fully saturated rings. The molecule has 2 N–H and O–H groups in total. The van der Waals surface area contributed by atoms with Crippen LogP contribution in [0.4, 0.5) is 5.69 Å². The number of hydrogen-bond donors (Lipinski definition) is 1. The molecule has 1 heterocycles. The second-order valence-corrected chi connectivity index (χ2v) is 4.78. The molecule has 1 aromatic carbocycles. The Kier molecular flexibility index (Phi) is 4.44. The van der Waals surface area contributed by atoms with Crippen molar-refractivity contribution in [1.82, 2.24) is 4.90 Å². The molecule has 4 heteroatoms. The number of aryl methyl sites for hydroxylation is 2. The van der Waals surface area contributed by atoms with Crippen molar-refractivity contribution in [1.29, 1.82) is 0 Å². The molecular formula is C14H22N2O2. The van der Waals surface area contributed by atoms with Crippen LogP contribution in [0.1, 0.15) is 11.1 Å². The van der Waals surface area contributed by atoms with Crippen LogP contribution in [0.3, 0.4) is 0 Å². The molecule has 0 spiro atoms. The summed E-state index contributed by atoms with van der Waals surface area (Å²) < 4.78 is 11.1. The largest absolute Gasteiger partial charge is 0.490 e. The molecule has 4 nitrogen and oxygen atoms in total. The first-order valence-electron chi connectivity index (χ1n) is 6.46. The average molecular weight is 250 g/mol. The van der Waals surface area contributed by atoms with E-state index in [1.807, 2.05) is 12.1 Å². The van der Waals surface area contributed by atoms with E-state index in [0.717, 1.165) is 44.3 Å². The third-order valence-corrected chi connectivity index (χ3v) is 3.39. The Hall–Kier alpha value is -1.26. The smallest absolute Gasteiger partial charge is 0.142 e. The van der Waals surface area contributed by atoms with Gasteiger partial charge >= 0.3 is 0 Å². The molecule has 0 radical (unpaired) electrons. The van der Waals surface area contributed by atoms with Crippen molar-refractivity contribution in [2.45, 2.75) is 13.8 Å². The van der Waals surface area contributed by atoms with Crippen molar-refractivity contribution >= 4 is 5.69 Å². The standard InChI is InChI=1S/C14H22N2O2/c1-11-9-13(15)14(10-12(11)2)18-8-5-16-3-6-17-7-4-16/h9-10H,3-8,15H2,1-2H3. The van der Waals surface area contributed by atoms with Gasteiger partial charge in [-0.15, -0.1) is 0 Å². The lowest BCUT2D eigenvalue weighted by Crippen LogP contribution is -2.38. The minimum absolute atomic E-state index is 0.673. The van der Waals surface area contributed by atoms with Gasteiger partial charge in [0, 0.05) is 19.6 Å². The number of benzene rings is 1. The zero-order valence-electron chi connectivity index (χ0n) is 11.2. The third-order valence-electron chi connectivity index (χ3n) is 3.39. The van der Waals surface area contributed by atoms with Gasteiger partial charge in [0.25, 0.3) is 0 Å². The van der Waals surface area contributed by atoms with Gasteiger partial charge < -0.3 is 15.2 Å². The van der Waals surface area contributed by atoms with E-state index in [1.54, 1.807) is 0 Å². The van der Waals surface area contributed by atoms with Crippen LogP contribution in [0, 0.1) is 13.8 Å². The quantitative estimate of drug-likeness (QED) is 0.825. The van der Waals surface area contributed by atoms with Crippen molar-refractivity contribution in [2.24, 2.45) is 0 Å². The van der Waals surface area contributed by atoms with Gasteiger partial charge in [-0.25, -0.2) is 0 Å². The second-order valence-electron chi connectivity index (χ2n) is 4.78. The molecule has 1 aromatic rings. The highest BCUT2D eigenvalue weighted by Crippen LogP contribution is 2.25. The van der Waals surface area contributed by atoms with E-state index in [0.29, 0.717) is 6.61 Å². The van der Waals surface area contributed by atoms with E-state index in [2.05, 4.69) is 18.7 Å². The lowest BCUT2D eigenvalue weighted by atomic mass is 10.1. The summed E-state index contributed by atoms with van der Waals surface area (Å²) in [7, 11) is 0. The van der Waals surface area contributed by atoms with Gasteiger partial charge in [0.1, 0.15) is 12.4 Å². The molecule has 0 aliphatic carbocycles. The Bertz CT molecular complexity index is 401. The normalized spacial score (nSPS) is 16.8. The fourth-order valence-corrected chi connectivity index (χ4v) is 2.05. The van der Waals surface area contributed by atoms with E-state index in [9.17, 15) is 0 Å². The molecule has 0 amide bonds. The number of nitrogens with zero attached hydrogens (tertiary/aromatic N) is 1. The first-order valence-corrected chi connectivity index (χ1v) is 6.46. The van der Waals surface area contributed by atoms with Crippen molar-refractivity contribution in [3.63, 3.8) is 0 Å². The second kappa shape index (κ2) is 6.07. The summed E-state index contributed by atoms with van der Waals surface area (Å²) in [6.07, 6.45) is 0. The molecule has 100 valence electrons. The Morgan fingerprint density at radius 1 is 1.22 bits per heavy atom. The van der Waals surface area contributed by atoms with E-state index in [1.165, 1.54) is 11.1 Å². The third kappa shape index (κ3) is 3.37. The summed E-state index contributed by atoms with van der Waals surface area (Å²) in [6, 6.07) is 3.99. The molecule has 1 aliphatic rings. The predicted molar refractivity (Wildman–Crippen MR) is 73.1 cm³/mol. The predicted octanol–water partition coefficient (Wildman–Crippen LogP) is 1.60. The van der Waals surface area contributed by atoms with Crippen LogP contribution in [-0.4, -0.2) is 44.4 Å². The van der Waals surface area contributed by atoms with E-state index in [-0.39, 0.29) is 0 Å². The maximum Gasteiger partial charge on any atom is 0.142 e. The Balaban J connectivity index is 1.84. The molecule has 0 aromatic heterocycles. The summed E-state index contributed by atoms with van der Waals surface area (Å²) >= 11 is 0. The van der Waals surface area contributed by atoms with E-state index < -0.39 is 0 Å². The number of anilines is 1. The average Bonchev–Trinajstić information content (AvgIpc) is 2.37. The molecular weight excluding hydrogens is 228 g/mol. The van der Waals surface area contributed by atoms with E-state index >= 15 is 0 Å². The van der Waals surface area contributed by atoms with Crippen LogP contribution in [0.15, 0.2) is 12.1 Å². The number of nitrogen functional groups attached to an aromatic ring is 1. The molecule has 1 aliphatic heterocycles. The number of nitrogens with two attached hydrogens (primary N) is 1. The summed E-state index contributed by atoms with van der Waals surface area (Å²) in [6.45, 7) is 9.37. The van der Waals surface area contributed by atoms with Crippen LogP contribution in [-0.2, 0) is 4.74 Å². The van der Waals surface area contributed by atoms with Gasteiger partial charge in [-0.2, -0.15) is 0 Å². The fourth-order valence-electron chi connectivity index (χ4n) is 2.05. The highest BCUT2D eigenvalue weighted by atomic mass is 16.5. The van der Waals surface area contributed by atoms with Gasteiger partial charge in [-0.1, -0.05) is 0 Å². The van der Waals surface area contributed by atoms with Gasteiger partial charge in [0.05, 0.1) is 18.9 Å². The van der Waals surface area contributed by atoms with Crippen molar-refractivity contribution in [3.8, 4) is 5.75 Å². The van der Waals surface area contributed by atoms with Crippen LogP contribution in [0.25, 0.3) is 0 Å². The zero-order chi connectivity index (χ0) is 13.0. The van der Waals surface area contributed by atoms with Crippen LogP contribution in [0.2, 0.25) is 0 Å². The molecule has 0 atom stereocenters. The minimum Gasteiger partial charge on any atom is -0.490 e. The topological polar surface area (TPSA) is 47.7 Å². The van der Waals surface area contributed by atoms with Gasteiger partial charge in [0.15, 0.2) is 0 Å². The summed E-state index contributed by atoms with van der Waals surface area (Å²) in [5.74, 6) is 0.798. The molecule has 2 rings (SSSR count). The zero-order valence-corrected chi connectivity index (χ0v) is 11.2. The molecule has 18 heavy (non-hydrogen) atoms. The Labute approximate surface area is 109 Å². The lowest BCUT2D eigenvalue weighted by Gasteiger charge is -2.26. The van der Waals surface area contributed by atoms with Crippen molar-refractivity contribution in [2.75, 3.05) is 45.2 Å². The number of rotatable bonds is 4. The van der Waals surface area contributed by atoms with Gasteiger partial charge in [0.2, 0.25) is 0 Å². The number of ether oxygens (including phenoxy) is 2. The monoisotopic (exact) mass is 250 g/mol. The maximum atomic E-state index is 5.95. The minimum atomic E-state index is 0.673. The summed E-state index contributed by atoms with van der Waals surface area (Å²) in [5.41, 5.74) is 9.09. The fraction of sp³-hybridized carbons (Fsp3) is 0.571.